The minimum Gasteiger partial charge on any atom is -0.480 e. The summed E-state index contributed by atoms with van der Waals surface area (Å²) < 4.78 is 21.8. The zero-order valence-corrected chi connectivity index (χ0v) is 37.4. The Hall–Kier alpha value is -4.56. The fourth-order valence-electron chi connectivity index (χ4n) is 4.36. The van der Waals surface area contributed by atoms with Crippen LogP contribution in [0.2, 0.25) is 0 Å². The van der Waals surface area contributed by atoms with Crippen molar-refractivity contribution in [3.05, 3.63) is 79.2 Å². The molecule has 0 unspecified atom stereocenters. The monoisotopic (exact) mass is 911 g/mol. The molecule has 332 valence electrons. The number of aliphatic carboxylic acids is 1. The van der Waals surface area contributed by atoms with Gasteiger partial charge in [0.25, 0.3) is 0 Å². The predicted octanol–water partition coefficient (Wildman–Crippen LogP) is 4.96. The molecule has 6 atom stereocenters. The van der Waals surface area contributed by atoms with Crippen molar-refractivity contribution in [1.82, 2.24) is 20.4 Å². The van der Waals surface area contributed by atoms with Gasteiger partial charge in [-0.1, -0.05) is 60.7 Å². The molecule has 0 saturated carbocycles. The van der Waals surface area contributed by atoms with Crippen LogP contribution in [0.15, 0.2) is 60.7 Å². The van der Waals surface area contributed by atoms with E-state index in [4.69, 9.17) is 24.1 Å². The van der Waals surface area contributed by atoms with Gasteiger partial charge in [0.1, 0.15) is 29.9 Å². The average molecular weight is 912 g/mol. The number of nitrogens with one attached hydrogen (secondary N) is 2. The summed E-state index contributed by atoms with van der Waals surface area (Å²) >= 11 is 0. The first kappa shape index (κ1) is 55.5. The summed E-state index contributed by atoms with van der Waals surface area (Å²) in [6.07, 6.45) is -3.29. The van der Waals surface area contributed by atoms with Gasteiger partial charge in [0.2, 0.25) is 11.8 Å². The van der Waals surface area contributed by atoms with Gasteiger partial charge < -0.3 is 47.2 Å². The van der Waals surface area contributed by atoms with Gasteiger partial charge in [0, 0.05) is 35.9 Å². The molecule has 16 nitrogen and oxygen atoms in total. The molecule has 0 spiro atoms. The minimum atomic E-state index is -1.44. The van der Waals surface area contributed by atoms with E-state index in [0.29, 0.717) is 0 Å². The summed E-state index contributed by atoms with van der Waals surface area (Å²) in [4.78, 5) is 75.3. The summed E-state index contributed by atoms with van der Waals surface area (Å²) in [5.74, 6) is -3.22. The molecule has 0 bridgehead atoms. The molecule has 2 aromatic carbocycles. The van der Waals surface area contributed by atoms with Gasteiger partial charge in [-0.25, -0.2) is 19.2 Å². The fraction of sp³-hybridized carbons (Fsp3) is 0.537. The molecule has 0 aliphatic rings. The van der Waals surface area contributed by atoms with E-state index in [1.54, 1.807) is 55.4 Å². The van der Waals surface area contributed by atoms with Crippen LogP contribution in [0.4, 0.5) is 9.59 Å². The molecule has 4 N–H and O–H groups in total. The van der Waals surface area contributed by atoms with Crippen LogP contribution < -0.4 is 10.6 Å². The van der Waals surface area contributed by atoms with Crippen LogP contribution in [0, 0.1) is 7.43 Å². The number of carboxylic acid groups (broad SMARTS) is 1. The molecule has 0 aliphatic heterocycles. The van der Waals surface area contributed by atoms with Gasteiger partial charge in [-0.3, -0.25) is 19.4 Å². The number of amides is 4. The normalized spacial score (nSPS) is 13.9. The Kier molecular flexibility index (Phi) is 24.6. The Morgan fingerprint density at radius 3 is 1.38 bits per heavy atom. The van der Waals surface area contributed by atoms with Crippen LogP contribution in [0.1, 0.15) is 81.8 Å². The van der Waals surface area contributed by atoms with E-state index >= 15 is 0 Å². The Morgan fingerprint density at radius 2 is 1.03 bits per heavy atom. The molecule has 58 heavy (non-hydrogen) atoms. The van der Waals surface area contributed by atoms with Gasteiger partial charge in [0.05, 0.1) is 18.8 Å². The first-order valence-corrected chi connectivity index (χ1v) is 18.1. The second-order valence-electron chi connectivity index (χ2n) is 15.2. The summed E-state index contributed by atoms with van der Waals surface area (Å²) in [6.45, 7) is 16.6. The van der Waals surface area contributed by atoms with Gasteiger partial charge in [-0.05, 0) is 80.4 Å². The van der Waals surface area contributed by atoms with Crippen LogP contribution >= 0.6 is 0 Å². The van der Waals surface area contributed by atoms with E-state index in [1.165, 1.54) is 32.8 Å². The SMILES string of the molecule is C[C@@H](O)[C@H](NC(=O)[C@H](C)N(C)C(=O)OC(C)(C)C)C(=O)O.C[C@@H](OCc1ccccc1)[C@H](NC(=O)[C@H](C)N(C)C(=O)OC(C)(C)C)C(=O)OCc1ccccc1.[CH3-].[HH].[Pd]. The van der Waals surface area contributed by atoms with Crippen molar-refractivity contribution in [3.63, 3.8) is 0 Å². The molecular weight excluding hydrogens is 847 g/mol. The number of nitrogens with zero attached hydrogens (tertiary/aromatic N) is 2. The van der Waals surface area contributed by atoms with E-state index in [-0.39, 0.29) is 42.5 Å². The number of rotatable bonds is 15. The summed E-state index contributed by atoms with van der Waals surface area (Å²) in [6, 6.07) is 14.4. The van der Waals surface area contributed by atoms with Crippen molar-refractivity contribution in [1.29, 1.82) is 0 Å². The molecule has 4 amide bonds. The second-order valence-corrected chi connectivity index (χ2v) is 15.2. The summed E-state index contributed by atoms with van der Waals surface area (Å²) in [5.41, 5.74) is 0.345. The molecule has 0 aliphatic carbocycles. The van der Waals surface area contributed by atoms with Crippen LogP contribution in [0.5, 0.6) is 0 Å². The third kappa shape index (κ3) is 20.7. The van der Waals surface area contributed by atoms with E-state index in [9.17, 15) is 33.9 Å². The number of aliphatic hydroxyl groups excluding tert-OH is 1. The van der Waals surface area contributed by atoms with E-state index < -0.39 is 83.5 Å². The summed E-state index contributed by atoms with van der Waals surface area (Å²) in [5, 5.41) is 23.1. The number of benzene rings is 2. The van der Waals surface area contributed by atoms with Crippen LogP contribution in [0.25, 0.3) is 0 Å². The maximum absolute atomic E-state index is 13.0. The molecule has 0 aromatic heterocycles. The molecule has 17 heteroatoms. The van der Waals surface area contributed by atoms with Crippen molar-refractivity contribution in [2.45, 2.75) is 130 Å². The van der Waals surface area contributed by atoms with Crippen molar-refractivity contribution in [2.75, 3.05) is 14.1 Å². The molecule has 2 aromatic rings. The third-order valence-electron chi connectivity index (χ3n) is 7.93. The average Bonchev–Trinajstić information content (AvgIpc) is 3.11. The molecule has 0 heterocycles. The van der Waals surface area contributed by atoms with Crippen molar-refractivity contribution < 1.29 is 79.8 Å². The fourth-order valence-corrected chi connectivity index (χ4v) is 4.36. The molecular formula is C41H65N4O12Pd-. The number of ether oxygens (including phenoxy) is 4. The largest absolute Gasteiger partial charge is 0.480 e. The number of aliphatic hydroxyl groups is 1. The number of esters is 1. The van der Waals surface area contributed by atoms with Gasteiger partial charge in [-0.2, -0.15) is 0 Å². The van der Waals surface area contributed by atoms with E-state index in [1.807, 2.05) is 60.7 Å². The molecule has 0 saturated heterocycles. The number of likely N-dealkylation sites (N-methyl/N-ethyl adjacent to an activating group) is 2. The number of carbonyl (C=O) groups excluding carboxylic acids is 5. The molecule has 0 fully saturated rings. The zero-order chi connectivity index (χ0) is 43.0. The van der Waals surface area contributed by atoms with Gasteiger partial charge >= 0.3 is 24.1 Å². The van der Waals surface area contributed by atoms with Crippen molar-refractivity contribution in [2.24, 2.45) is 0 Å². The van der Waals surface area contributed by atoms with E-state index in [2.05, 4.69) is 10.6 Å². The maximum atomic E-state index is 13.0. The molecule has 0 radical (unpaired) electrons. The Balaban J connectivity index is -0.00000113. The van der Waals surface area contributed by atoms with Gasteiger partial charge in [-0.15, -0.1) is 0 Å². The topological polar surface area (TPSA) is 210 Å². The Morgan fingerprint density at radius 1 is 0.672 bits per heavy atom. The Bertz CT molecular complexity index is 1590. The minimum absolute atomic E-state index is 0. The number of hydrogen-bond donors (Lipinski definition) is 4. The van der Waals surface area contributed by atoms with Gasteiger partial charge in [0.15, 0.2) is 12.1 Å². The van der Waals surface area contributed by atoms with Crippen molar-refractivity contribution in [3.8, 4) is 0 Å². The van der Waals surface area contributed by atoms with Crippen LogP contribution in [-0.4, -0.2) is 118 Å². The number of hydrogen-bond acceptors (Lipinski definition) is 11. The summed E-state index contributed by atoms with van der Waals surface area (Å²) in [7, 11) is 2.84. The molecule has 2 rings (SSSR count). The third-order valence-corrected chi connectivity index (χ3v) is 7.93. The van der Waals surface area contributed by atoms with Crippen LogP contribution in [0.3, 0.4) is 0 Å². The van der Waals surface area contributed by atoms with Crippen LogP contribution in [-0.2, 0) is 71.8 Å². The number of carbonyl (C=O) groups is 6. The standard InChI is InChI=1S/C27H36N2O6.C13H24N2O6.CH3.Pd.H2/c1-19(29(6)26(32)35-27(3,4)5)24(30)28-23(20(2)33-17-21-13-9-7-10-14-21)25(31)34-18-22-15-11-8-12-16-22;1-7(15(6)12(20)21-13(3,4)5)10(17)14-9(8(2)16)11(18)19;;;/h7-16,19-20,23H,17-18H2,1-6H3,(H,28,30);7-9,16H,1-6H3,(H,14,17)(H,18,19);1H3;;1H/q;;-1;;/t19-,20+,23-;7-,8+,9-;;;/m00.../s1. The quantitative estimate of drug-likeness (QED) is 0.0809. The van der Waals surface area contributed by atoms with Crippen molar-refractivity contribution >= 4 is 35.9 Å². The first-order chi connectivity index (χ1) is 25.8. The smallest absolute Gasteiger partial charge is 0.410 e. The predicted molar refractivity (Wildman–Crippen MR) is 216 cm³/mol. The zero-order valence-electron chi connectivity index (χ0n) is 35.8. The van der Waals surface area contributed by atoms with E-state index in [0.717, 1.165) is 16.0 Å². The Labute approximate surface area is 358 Å². The number of carboxylic acids is 1. The second kappa shape index (κ2) is 25.7. The maximum Gasteiger partial charge on any atom is 0.410 e. The first-order valence-electron chi connectivity index (χ1n) is 18.1.